The minimum absolute atomic E-state index is 0.151. The summed E-state index contributed by atoms with van der Waals surface area (Å²) >= 11 is 0. The van der Waals surface area contributed by atoms with Gasteiger partial charge in [0.25, 0.3) is 0 Å². The molecule has 2 N–H and O–H groups in total. The summed E-state index contributed by atoms with van der Waals surface area (Å²) in [6.07, 6.45) is 0. The van der Waals surface area contributed by atoms with E-state index in [-0.39, 0.29) is 6.04 Å². The fourth-order valence-electron chi connectivity index (χ4n) is 3.25. The van der Waals surface area contributed by atoms with Gasteiger partial charge in [0.2, 0.25) is 0 Å². The molecule has 0 radical (unpaired) electrons. The summed E-state index contributed by atoms with van der Waals surface area (Å²) in [5.41, 5.74) is 7.12. The Hall–Kier alpha value is -1.08. The van der Waals surface area contributed by atoms with Gasteiger partial charge in [0.1, 0.15) is 11.6 Å². The van der Waals surface area contributed by atoms with Crippen LogP contribution in [0.15, 0.2) is 12.1 Å². The lowest BCUT2D eigenvalue weighted by molar-refractivity contribution is 0.0313. The van der Waals surface area contributed by atoms with Gasteiger partial charge >= 0.3 is 0 Å². The van der Waals surface area contributed by atoms with Crippen molar-refractivity contribution >= 4 is 0 Å². The average Bonchev–Trinajstić information content (AvgIpc) is 2.83. The number of nitrogens with two attached hydrogens (primary N) is 1. The number of halogens is 2. The Morgan fingerprint density at radius 2 is 1.95 bits per heavy atom. The van der Waals surface area contributed by atoms with Gasteiger partial charge in [-0.2, -0.15) is 0 Å². The van der Waals surface area contributed by atoms with Crippen molar-refractivity contribution in [3.63, 3.8) is 0 Å². The molecule has 1 unspecified atom stereocenters. The molecule has 0 amide bonds. The van der Waals surface area contributed by atoms with Gasteiger partial charge < -0.3 is 10.5 Å². The molecule has 1 aromatic rings. The Morgan fingerprint density at radius 3 is 2.67 bits per heavy atom. The van der Waals surface area contributed by atoms with Crippen LogP contribution in [-0.4, -0.2) is 55.7 Å². The number of morpholine rings is 1. The van der Waals surface area contributed by atoms with Crippen LogP contribution in [0.4, 0.5) is 8.78 Å². The fraction of sp³-hybridized carbons (Fsp3) is 0.600. The second kappa shape index (κ2) is 6.36. The molecule has 0 spiro atoms. The van der Waals surface area contributed by atoms with Crippen molar-refractivity contribution in [3.8, 4) is 0 Å². The number of hydrogen-bond donors (Lipinski definition) is 1. The Balaban J connectivity index is 1.68. The van der Waals surface area contributed by atoms with Crippen LogP contribution in [-0.2, 0) is 11.3 Å². The Kier molecular flexibility index (Phi) is 4.49. The Morgan fingerprint density at radius 1 is 1.19 bits per heavy atom. The zero-order valence-corrected chi connectivity index (χ0v) is 12.0. The number of ether oxygens (including phenoxy) is 1. The summed E-state index contributed by atoms with van der Waals surface area (Å²) in [6.45, 7) is 6.00. The van der Waals surface area contributed by atoms with E-state index in [1.165, 1.54) is 6.07 Å². The highest BCUT2D eigenvalue weighted by molar-refractivity contribution is 5.36. The SMILES string of the molecule is NCC1c2c(F)cc(F)cc2CN1CCN1CCOCC1. The Labute approximate surface area is 123 Å². The van der Waals surface area contributed by atoms with Crippen molar-refractivity contribution in [2.45, 2.75) is 12.6 Å². The number of nitrogens with zero attached hydrogens (tertiary/aromatic N) is 2. The van der Waals surface area contributed by atoms with E-state index in [0.29, 0.717) is 18.7 Å². The van der Waals surface area contributed by atoms with E-state index in [1.807, 2.05) is 0 Å². The predicted octanol–water partition coefficient (Wildman–Crippen LogP) is 1.11. The molecule has 116 valence electrons. The first-order valence-electron chi connectivity index (χ1n) is 7.41. The van der Waals surface area contributed by atoms with E-state index < -0.39 is 11.6 Å². The van der Waals surface area contributed by atoms with Crippen LogP contribution in [0.2, 0.25) is 0 Å². The molecule has 2 aliphatic rings. The predicted molar refractivity (Wildman–Crippen MR) is 75.8 cm³/mol. The van der Waals surface area contributed by atoms with Crippen molar-refractivity contribution in [2.75, 3.05) is 45.9 Å². The van der Waals surface area contributed by atoms with Crippen LogP contribution in [0, 0.1) is 11.6 Å². The maximum Gasteiger partial charge on any atom is 0.131 e. The van der Waals surface area contributed by atoms with Gasteiger partial charge in [0, 0.05) is 50.9 Å². The van der Waals surface area contributed by atoms with Crippen molar-refractivity contribution < 1.29 is 13.5 Å². The largest absolute Gasteiger partial charge is 0.379 e. The first-order chi connectivity index (χ1) is 10.2. The molecule has 4 nitrogen and oxygen atoms in total. The summed E-state index contributed by atoms with van der Waals surface area (Å²) in [7, 11) is 0. The molecule has 1 saturated heterocycles. The van der Waals surface area contributed by atoms with Gasteiger partial charge in [0.05, 0.1) is 19.3 Å². The fourth-order valence-corrected chi connectivity index (χ4v) is 3.25. The smallest absolute Gasteiger partial charge is 0.131 e. The summed E-state index contributed by atoms with van der Waals surface area (Å²) in [5.74, 6) is -0.994. The molecule has 1 aromatic carbocycles. The summed E-state index contributed by atoms with van der Waals surface area (Å²) < 4.78 is 32.7. The molecule has 1 fully saturated rings. The number of benzene rings is 1. The maximum absolute atomic E-state index is 14.0. The molecule has 1 atom stereocenters. The lowest BCUT2D eigenvalue weighted by atomic mass is 10.0. The second-order valence-electron chi connectivity index (χ2n) is 5.64. The quantitative estimate of drug-likeness (QED) is 0.904. The van der Waals surface area contributed by atoms with Crippen LogP contribution in [0.5, 0.6) is 0 Å². The lowest BCUT2D eigenvalue weighted by Gasteiger charge is -2.30. The third kappa shape index (κ3) is 3.08. The molecule has 0 aliphatic carbocycles. The van der Waals surface area contributed by atoms with E-state index in [9.17, 15) is 8.78 Å². The number of rotatable bonds is 4. The van der Waals surface area contributed by atoms with Crippen LogP contribution < -0.4 is 5.73 Å². The van der Waals surface area contributed by atoms with Gasteiger partial charge in [-0.3, -0.25) is 9.80 Å². The monoisotopic (exact) mass is 297 g/mol. The van der Waals surface area contributed by atoms with Gasteiger partial charge in [-0.1, -0.05) is 0 Å². The molecular weight excluding hydrogens is 276 g/mol. The molecule has 21 heavy (non-hydrogen) atoms. The van der Waals surface area contributed by atoms with Gasteiger partial charge in [-0.15, -0.1) is 0 Å². The molecule has 2 aliphatic heterocycles. The minimum atomic E-state index is -0.517. The van der Waals surface area contributed by atoms with E-state index in [2.05, 4.69) is 9.80 Å². The van der Waals surface area contributed by atoms with Crippen LogP contribution in [0.25, 0.3) is 0 Å². The first-order valence-corrected chi connectivity index (χ1v) is 7.41. The van der Waals surface area contributed by atoms with E-state index in [1.54, 1.807) is 0 Å². The molecule has 0 aromatic heterocycles. The molecule has 3 rings (SSSR count). The topological polar surface area (TPSA) is 41.7 Å². The summed E-state index contributed by atoms with van der Waals surface area (Å²) in [5, 5.41) is 0. The highest BCUT2D eigenvalue weighted by atomic mass is 19.1. The van der Waals surface area contributed by atoms with Crippen molar-refractivity contribution in [1.29, 1.82) is 0 Å². The minimum Gasteiger partial charge on any atom is -0.379 e. The average molecular weight is 297 g/mol. The molecule has 0 bridgehead atoms. The second-order valence-corrected chi connectivity index (χ2v) is 5.64. The van der Waals surface area contributed by atoms with Crippen molar-refractivity contribution in [2.24, 2.45) is 5.73 Å². The van der Waals surface area contributed by atoms with Crippen molar-refractivity contribution in [3.05, 3.63) is 34.9 Å². The summed E-state index contributed by atoms with van der Waals surface area (Å²) in [4.78, 5) is 4.47. The normalized spacial score (nSPS) is 23.5. The molecule has 0 saturated carbocycles. The van der Waals surface area contributed by atoms with Gasteiger partial charge in [-0.05, 0) is 11.6 Å². The Bertz CT molecular complexity index is 506. The van der Waals surface area contributed by atoms with E-state index in [4.69, 9.17) is 10.5 Å². The van der Waals surface area contributed by atoms with Crippen molar-refractivity contribution in [1.82, 2.24) is 9.80 Å². The van der Waals surface area contributed by atoms with Crippen LogP contribution >= 0.6 is 0 Å². The number of hydrogen-bond acceptors (Lipinski definition) is 4. The van der Waals surface area contributed by atoms with Crippen LogP contribution in [0.3, 0.4) is 0 Å². The van der Waals surface area contributed by atoms with E-state index >= 15 is 0 Å². The number of fused-ring (bicyclic) bond motifs is 1. The van der Waals surface area contributed by atoms with E-state index in [0.717, 1.165) is 51.0 Å². The third-order valence-electron chi connectivity index (χ3n) is 4.36. The summed E-state index contributed by atoms with van der Waals surface area (Å²) in [6, 6.07) is 2.23. The van der Waals surface area contributed by atoms with Gasteiger partial charge in [0.15, 0.2) is 0 Å². The zero-order chi connectivity index (χ0) is 14.8. The van der Waals surface area contributed by atoms with Gasteiger partial charge in [-0.25, -0.2) is 8.78 Å². The standard InChI is InChI=1S/C15H21F2N3O/c16-12-7-11-10-20(2-1-19-3-5-21-6-4-19)14(9-18)15(11)13(17)8-12/h7-8,14H,1-6,9-10,18H2. The molecule has 2 heterocycles. The molecular formula is C15H21F2N3O. The highest BCUT2D eigenvalue weighted by Gasteiger charge is 2.32. The maximum atomic E-state index is 14.0. The lowest BCUT2D eigenvalue weighted by Crippen LogP contribution is -2.41. The third-order valence-corrected chi connectivity index (χ3v) is 4.36. The molecule has 6 heteroatoms. The highest BCUT2D eigenvalue weighted by Crippen LogP contribution is 2.35. The zero-order valence-electron chi connectivity index (χ0n) is 12.0. The van der Waals surface area contributed by atoms with Crippen LogP contribution in [0.1, 0.15) is 17.2 Å². The first kappa shape index (κ1) is 14.8.